The van der Waals surface area contributed by atoms with Crippen LogP contribution in [0.5, 0.6) is 17.5 Å². The van der Waals surface area contributed by atoms with Gasteiger partial charge in [-0.15, -0.1) is 0 Å². The van der Waals surface area contributed by atoms with Gasteiger partial charge in [-0.25, -0.2) is 4.98 Å². The quantitative estimate of drug-likeness (QED) is 0.0929. The second-order valence-corrected chi connectivity index (χ2v) is 11.2. The first-order valence-electron chi connectivity index (χ1n) is 15.9. The number of aromatic nitrogens is 3. The van der Waals surface area contributed by atoms with E-state index in [9.17, 15) is 5.11 Å². The Labute approximate surface area is 255 Å². The molecule has 0 radical (unpaired) electrons. The maximum absolute atomic E-state index is 10.9. The number of benzene rings is 4. The molecule has 6 nitrogen and oxygen atoms in total. The lowest BCUT2D eigenvalue weighted by molar-refractivity contribution is 0.302. The van der Waals surface area contributed by atoms with Crippen molar-refractivity contribution in [2.45, 2.75) is 78.1 Å². The summed E-state index contributed by atoms with van der Waals surface area (Å²) in [5.41, 5.74) is 1.35. The highest BCUT2D eigenvalue weighted by Crippen LogP contribution is 2.33. The molecule has 5 rings (SSSR count). The Hall–Kier alpha value is -4.19. The number of unbranched alkanes of at least 4 members (excludes halogenated alkanes) is 9. The van der Waals surface area contributed by atoms with Crippen molar-refractivity contribution in [3.8, 4) is 40.3 Å². The Morgan fingerprint density at radius 2 is 1.23 bits per heavy atom. The van der Waals surface area contributed by atoms with Crippen molar-refractivity contribution >= 4 is 21.5 Å². The van der Waals surface area contributed by atoms with E-state index in [-0.39, 0.29) is 11.8 Å². The largest absolute Gasteiger partial charge is 0.507 e. The first-order valence-corrected chi connectivity index (χ1v) is 15.9. The normalized spacial score (nSPS) is 11.3. The summed E-state index contributed by atoms with van der Waals surface area (Å²) in [4.78, 5) is 13.8. The van der Waals surface area contributed by atoms with Crippen molar-refractivity contribution in [3.05, 3.63) is 72.8 Å². The lowest BCUT2D eigenvalue weighted by Crippen LogP contribution is -2.03. The van der Waals surface area contributed by atoms with Gasteiger partial charge in [0.1, 0.15) is 11.5 Å². The topological polar surface area (TPSA) is 77.4 Å². The van der Waals surface area contributed by atoms with Gasteiger partial charge in [0.05, 0.1) is 18.8 Å². The van der Waals surface area contributed by atoms with E-state index in [1.807, 2.05) is 25.1 Å². The molecule has 5 aromatic rings. The van der Waals surface area contributed by atoms with E-state index in [0.717, 1.165) is 29.2 Å². The van der Waals surface area contributed by atoms with Crippen molar-refractivity contribution in [3.63, 3.8) is 0 Å². The minimum atomic E-state index is 0.0603. The Kier molecular flexibility index (Phi) is 10.8. The highest BCUT2D eigenvalue weighted by Gasteiger charge is 2.15. The molecule has 0 aliphatic rings. The van der Waals surface area contributed by atoms with Crippen molar-refractivity contribution in [2.75, 3.05) is 13.2 Å². The number of phenols is 1. The summed E-state index contributed by atoms with van der Waals surface area (Å²) in [7, 11) is 0. The second kappa shape index (κ2) is 15.3. The van der Waals surface area contributed by atoms with Crippen LogP contribution in [0.25, 0.3) is 44.3 Å². The van der Waals surface area contributed by atoms with Crippen LogP contribution < -0.4 is 9.47 Å². The van der Waals surface area contributed by atoms with Gasteiger partial charge in [0.15, 0.2) is 11.6 Å². The molecular weight excluding hydrogens is 534 g/mol. The predicted octanol–water partition coefficient (Wildman–Crippen LogP) is 9.92. The molecule has 0 bridgehead atoms. The summed E-state index contributed by atoms with van der Waals surface area (Å²) >= 11 is 0. The number of nitrogens with zero attached hydrogens (tertiary/aromatic N) is 3. The van der Waals surface area contributed by atoms with Crippen LogP contribution in [0.3, 0.4) is 0 Å². The molecule has 0 fully saturated rings. The number of rotatable bonds is 16. The fourth-order valence-electron chi connectivity index (χ4n) is 5.45. The number of phenolic OH excluding ortho intramolecular Hbond substituents is 1. The second-order valence-electron chi connectivity index (χ2n) is 11.2. The van der Waals surface area contributed by atoms with Gasteiger partial charge in [0, 0.05) is 11.6 Å². The maximum Gasteiger partial charge on any atom is 0.320 e. The molecule has 0 aliphatic carbocycles. The third-order valence-electron chi connectivity index (χ3n) is 7.83. The van der Waals surface area contributed by atoms with E-state index in [2.05, 4.69) is 59.4 Å². The zero-order valence-corrected chi connectivity index (χ0v) is 25.5. The van der Waals surface area contributed by atoms with E-state index in [1.165, 1.54) is 62.1 Å². The molecule has 0 saturated heterocycles. The van der Waals surface area contributed by atoms with Gasteiger partial charge in [0.2, 0.25) is 0 Å². The Morgan fingerprint density at radius 1 is 0.581 bits per heavy atom. The molecule has 6 heteroatoms. The Balaban J connectivity index is 1.24. The summed E-state index contributed by atoms with van der Waals surface area (Å²) < 4.78 is 11.6. The first kappa shape index (κ1) is 30.3. The van der Waals surface area contributed by atoms with Crippen LogP contribution in [0.4, 0.5) is 0 Å². The fraction of sp³-hybridized carbons (Fsp3) is 0.378. The first-order chi connectivity index (χ1) is 21.1. The number of ether oxygens (including phenoxy) is 2. The van der Waals surface area contributed by atoms with E-state index in [0.29, 0.717) is 36.2 Å². The minimum absolute atomic E-state index is 0.0603. The summed E-state index contributed by atoms with van der Waals surface area (Å²) in [5.74, 6) is 1.54. The average molecular weight is 578 g/mol. The Bertz CT molecular complexity index is 1640. The van der Waals surface area contributed by atoms with Crippen molar-refractivity contribution in [1.29, 1.82) is 0 Å². The van der Waals surface area contributed by atoms with Crippen LogP contribution in [0.2, 0.25) is 0 Å². The molecule has 43 heavy (non-hydrogen) atoms. The van der Waals surface area contributed by atoms with Gasteiger partial charge < -0.3 is 14.6 Å². The molecular formula is C37H43N3O3. The number of hydrogen-bond donors (Lipinski definition) is 1. The van der Waals surface area contributed by atoms with Gasteiger partial charge >= 0.3 is 6.01 Å². The molecule has 224 valence electrons. The molecule has 0 unspecified atom stereocenters. The number of fused-ring (bicyclic) bond motifs is 2. The SMILES string of the molecule is CCCCCCCCCCCCOc1ccc(-c2nc(OCC)nc(-c3ccc4cc5ccccc5cc4c3)n2)c(O)c1. The molecule has 1 N–H and O–H groups in total. The van der Waals surface area contributed by atoms with E-state index < -0.39 is 0 Å². The van der Waals surface area contributed by atoms with Crippen molar-refractivity contribution in [2.24, 2.45) is 0 Å². The number of aromatic hydroxyl groups is 1. The smallest absolute Gasteiger partial charge is 0.320 e. The lowest BCUT2D eigenvalue weighted by Gasteiger charge is -2.11. The van der Waals surface area contributed by atoms with Crippen molar-refractivity contribution in [1.82, 2.24) is 15.0 Å². The van der Waals surface area contributed by atoms with E-state index >= 15 is 0 Å². The van der Waals surface area contributed by atoms with Crippen LogP contribution in [0, 0.1) is 0 Å². The molecule has 1 aromatic heterocycles. The standard InChI is InChI=1S/C37H43N3O3/c1-3-5-6-7-8-9-10-11-12-15-22-43-32-20-21-33(34(41)26-32)36-38-35(39-37(40-36)42-4-2)30-19-18-29-23-27-16-13-14-17-28(27)24-31(29)25-30/h13-14,16-21,23-26,41H,3-12,15,22H2,1-2H3. The molecule has 0 amide bonds. The lowest BCUT2D eigenvalue weighted by atomic mass is 10.0. The van der Waals surface area contributed by atoms with Crippen LogP contribution in [0.1, 0.15) is 78.1 Å². The molecule has 0 saturated carbocycles. The van der Waals surface area contributed by atoms with Gasteiger partial charge in [-0.05, 0) is 65.2 Å². The summed E-state index contributed by atoms with van der Waals surface area (Å²) in [6.45, 7) is 5.21. The van der Waals surface area contributed by atoms with E-state index in [4.69, 9.17) is 14.5 Å². The molecule has 0 spiro atoms. The van der Waals surface area contributed by atoms with Gasteiger partial charge in [-0.2, -0.15) is 9.97 Å². The highest BCUT2D eigenvalue weighted by molar-refractivity contribution is 5.99. The molecule has 0 aliphatic heterocycles. The highest BCUT2D eigenvalue weighted by atomic mass is 16.5. The summed E-state index contributed by atoms with van der Waals surface area (Å²) in [5, 5.41) is 15.6. The van der Waals surface area contributed by atoms with Crippen LogP contribution in [0.15, 0.2) is 72.8 Å². The number of hydrogen-bond acceptors (Lipinski definition) is 6. The Morgan fingerprint density at radius 3 is 1.93 bits per heavy atom. The maximum atomic E-state index is 10.9. The zero-order valence-electron chi connectivity index (χ0n) is 25.5. The van der Waals surface area contributed by atoms with Gasteiger partial charge in [0.25, 0.3) is 0 Å². The average Bonchev–Trinajstić information content (AvgIpc) is 3.02. The van der Waals surface area contributed by atoms with Gasteiger partial charge in [-0.3, -0.25) is 0 Å². The summed E-state index contributed by atoms with van der Waals surface area (Å²) in [6, 6.07) is 24.4. The molecule has 1 heterocycles. The third kappa shape index (κ3) is 8.22. The molecule has 4 aromatic carbocycles. The van der Waals surface area contributed by atoms with Crippen molar-refractivity contribution < 1.29 is 14.6 Å². The molecule has 0 atom stereocenters. The van der Waals surface area contributed by atoms with Crippen LogP contribution >= 0.6 is 0 Å². The third-order valence-corrected chi connectivity index (χ3v) is 7.83. The predicted molar refractivity (Wildman–Crippen MR) is 176 cm³/mol. The summed E-state index contributed by atoms with van der Waals surface area (Å²) in [6.07, 6.45) is 12.8. The monoisotopic (exact) mass is 577 g/mol. The van der Waals surface area contributed by atoms with E-state index in [1.54, 1.807) is 12.1 Å². The fourth-order valence-corrected chi connectivity index (χ4v) is 5.45. The van der Waals surface area contributed by atoms with Crippen LogP contribution in [-0.4, -0.2) is 33.3 Å². The minimum Gasteiger partial charge on any atom is -0.507 e. The zero-order chi connectivity index (χ0) is 29.9. The van der Waals surface area contributed by atoms with Gasteiger partial charge in [-0.1, -0.05) is 101 Å². The van der Waals surface area contributed by atoms with Crippen LogP contribution in [-0.2, 0) is 0 Å².